The number of rotatable bonds is 1. The molecule has 1 N–H and O–H groups in total. The zero-order valence-corrected chi connectivity index (χ0v) is 9.91. The van der Waals surface area contributed by atoms with Gasteiger partial charge in [0.25, 0.3) is 0 Å². The van der Waals surface area contributed by atoms with Crippen molar-refractivity contribution < 1.29 is 13.2 Å². The summed E-state index contributed by atoms with van der Waals surface area (Å²) in [5, 5.41) is 3.30. The van der Waals surface area contributed by atoms with E-state index in [9.17, 15) is 13.2 Å². The third-order valence-corrected chi connectivity index (χ3v) is 3.35. The Hall–Kier alpha value is -0.740. The van der Waals surface area contributed by atoms with Crippen molar-refractivity contribution in [1.82, 2.24) is 5.32 Å². The zero-order chi connectivity index (χ0) is 12.5. The van der Waals surface area contributed by atoms with Gasteiger partial charge in [0, 0.05) is 11.1 Å². The molecule has 1 fully saturated rings. The monoisotopic (exact) mass is 263 g/mol. The van der Waals surface area contributed by atoms with Gasteiger partial charge >= 0.3 is 6.18 Å². The molecular formula is C12H13ClF3N. The van der Waals surface area contributed by atoms with E-state index in [1.165, 1.54) is 12.1 Å². The van der Waals surface area contributed by atoms with Crippen molar-refractivity contribution in [2.24, 2.45) is 0 Å². The van der Waals surface area contributed by atoms with E-state index >= 15 is 0 Å². The maximum Gasteiger partial charge on any atom is 0.416 e. The van der Waals surface area contributed by atoms with Gasteiger partial charge < -0.3 is 5.32 Å². The van der Waals surface area contributed by atoms with Gasteiger partial charge in [-0.1, -0.05) is 24.1 Å². The quantitative estimate of drug-likeness (QED) is 0.802. The number of piperidine rings is 1. The number of hydrogen-bond donors (Lipinski definition) is 1. The Kier molecular flexibility index (Phi) is 3.64. The van der Waals surface area contributed by atoms with Crippen molar-refractivity contribution in [3.05, 3.63) is 34.3 Å². The second-order valence-corrected chi connectivity index (χ2v) is 4.61. The van der Waals surface area contributed by atoms with Gasteiger partial charge in [-0.3, -0.25) is 0 Å². The van der Waals surface area contributed by atoms with Gasteiger partial charge in [0.2, 0.25) is 0 Å². The summed E-state index contributed by atoms with van der Waals surface area (Å²) in [5.74, 6) is 0. The summed E-state index contributed by atoms with van der Waals surface area (Å²) in [4.78, 5) is 0. The van der Waals surface area contributed by atoms with Crippen molar-refractivity contribution in [3.63, 3.8) is 0 Å². The molecule has 0 aliphatic carbocycles. The normalized spacial score (nSPS) is 21.5. The molecule has 1 aliphatic heterocycles. The van der Waals surface area contributed by atoms with Crippen LogP contribution in [-0.2, 0) is 6.18 Å². The van der Waals surface area contributed by atoms with Crippen molar-refractivity contribution in [1.29, 1.82) is 0 Å². The first-order valence-electron chi connectivity index (χ1n) is 5.59. The van der Waals surface area contributed by atoms with E-state index in [0.29, 0.717) is 6.42 Å². The van der Waals surface area contributed by atoms with E-state index in [2.05, 4.69) is 5.32 Å². The van der Waals surface area contributed by atoms with Crippen LogP contribution in [0.25, 0.3) is 0 Å². The fraction of sp³-hybridized carbons (Fsp3) is 0.500. The van der Waals surface area contributed by atoms with Gasteiger partial charge in [-0.05, 0) is 37.1 Å². The van der Waals surface area contributed by atoms with Crippen LogP contribution in [0.2, 0.25) is 5.02 Å². The van der Waals surface area contributed by atoms with E-state index in [1.54, 1.807) is 0 Å². The molecule has 1 atom stereocenters. The lowest BCUT2D eigenvalue weighted by Gasteiger charge is -2.27. The molecule has 1 saturated heterocycles. The summed E-state index contributed by atoms with van der Waals surface area (Å²) in [6, 6.07) is 3.67. The molecule has 1 aromatic carbocycles. The van der Waals surface area contributed by atoms with Crippen LogP contribution in [0.15, 0.2) is 18.2 Å². The summed E-state index contributed by atoms with van der Waals surface area (Å²) in [7, 11) is 0. The average molecular weight is 264 g/mol. The predicted molar refractivity (Wildman–Crippen MR) is 61.0 cm³/mol. The Morgan fingerprint density at radius 3 is 2.59 bits per heavy atom. The summed E-state index contributed by atoms with van der Waals surface area (Å²) < 4.78 is 38.7. The highest BCUT2D eigenvalue weighted by molar-refractivity contribution is 6.31. The Bertz CT molecular complexity index is 397. The molecule has 1 nitrogen and oxygen atoms in total. The summed E-state index contributed by atoms with van der Waals surface area (Å²) in [6.07, 6.45) is -1.71. The molecule has 1 heterocycles. The van der Waals surface area contributed by atoms with Crippen LogP contribution >= 0.6 is 11.6 Å². The minimum Gasteiger partial charge on any atom is -0.310 e. The van der Waals surface area contributed by atoms with Gasteiger partial charge in [-0.2, -0.15) is 13.2 Å². The SMILES string of the molecule is FC(F)(F)c1cccc(Cl)c1C1CCCCN1. The number of nitrogens with one attached hydrogen (secondary N) is 1. The third kappa shape index (κ3) is 2.75. The molecule has 0 aromatic heterocycles. The minimum atomic E-state index is -4.35. The van der Waals surface area contributed by atoms with E-state index in [0.717, 1.165) is 25.5 Å². The lowest BCUT2D eigenvalue weighted by Crippen LogP contribution is -2.29. The molecule has 1 aromatic rings. The number of halogens is 4. The fourth-order valence-electron chi connectivity index (χ4n) is 2.24. The zero-order valence-electron chi connectivity index (χ0n) is 9.15. The number of benzene rings is 1. The van der Waals surface area contributed by atoms with Gasteiger partial charge in [0.15, 0.2) is 0 Å². The van der Waals surface area contributed by atoms with Gasteiger partial charge in [0.05, 0.1) is 5.56 Å². The summed E-state index contributed by atoms with van der Waals surface area (Å²) in [6.45, 7) is 0.743. The van der Waals surface area contributed by atoms with Gasteiger partial charge in [0.1, 0.15) is 0 Å². The summed E-state index contributed by atoms with van der Waals surface area (Å²) in [5.41, 5.74) is -0.425. The molecule has 94 valence electrons. The van der Waals surface area contributed by atoms with E-state index in [1.807, 2.05) is 0 Å². The Morgan fingerprint density at radius 1 is 1.24 bits per heavy atom. The maximum atomic E-state index is 12.9. The smallest absolute Gasteiger partial charge is 0.310 e. The molecule has 1 unspecified atom stereocenters. The first-order valence-corrected chi connectivity index (χ1v) is 5.97. The largest absolute Gasteiger partial charge is 0.416 e. The lowest BCUT2D eigenvalue weighted by molar-refractivity contribution is -0.138. The molecular weight excluding hydrogens is 251 g/mol. The minimum absolute atomic E-state index is 0.194. The van der Waals surface area contributed by atoms with Crippen molar-refractivity contribution in [3.8, 4) is 0 Å². The van der Waals surface area contributed by atoms with Crippen molar-refractivity contribution in [2.45, 2.75) is 31.5 Å². The molecule has 0 radical (unpaired) electrons. The molecule has 0 saturated carbocycles. The molecule has 5 heteroatoms. The molecule has 17 heavy (non-hydrogen) atoms. The van der Waals surface area contributed by atoms with Crippen LogP contribution in [-0.4, -0.2) is 6.54 Å². The topological polar surface area (TPSA) is 12.0 Å². The predicted octanol–water partition coefficient (Wildman–Crippen LogP) is 4.17. The van der Waals surface area contributed by atoms with E-state index < -0.39 is 11.7 Å². The Labute approximate surface area is 103 Å². The Balaban J connectivity index is 2.43. The third-order valence-electron chi connectivity index (χ3n) is 3.02. The van der Waals surface area contributed by atoms with Crippen LogP contribution < -0.4 is 5.32 Å². The first-order chi connectivity index (χ1) is 8.00. The second-order valence-electron chi connectivity index (χ2n) is 4.20. The standard InChI is InChI=1S/C12H13ClF3N/c13-9-5-3-4-8(12(14,15)16)11(9)10-6-1-2-7-17-10/h3-5,10,17H,1-2,6-7H2. The summed E-state index contributed by atoms with van der Waals surface area (Å²) >= 11 is 5.93. The molecule has 0 bridgehead atoms. The van der Waals surface area contributed by atoms with E-state index in [4.69, 9.17) is 11.6 Å². The van der Waals surface area contributed by atoms with Crippen molar-refractivity contribution in [2.75, 3.05) is 6.54 Å². The van der Waals surface area contributed by atoms with Gasteiger partial charge in [-0.25, -0.2) is 0 Å². The second kappa shape index (κ2) is 4.86. The average Bonchev–Trinajstić information content (AvgIpc) is 2.28. The van der Waals surface area contributed by atoms with Crippen LogP contribution in [0.5, 0.6) is 0 Å². The van der Waals surface area contributed by atoms with E-state index in [-0.39, 0.29) is 16.6 Å². The molecule has 2 rings (SSSR count). The fourth-order valence-corrected chi connectivity index (χ4v) is 2.54. The maximum absolute atomic E-state index is 12.9. The van der Waals surface area contributed by atoms with Crippen LogP contribution in [0.4, 0.5) is 13.2 Å². The molecule has 0 spiro atoms. The highest BCUT2D eigenvalue weighted by Crippen LogP contribution is 2.39. The Morgan fingerprint density at radius 2 is 2.00 bits per heavy atom. The number of alkyl halides is 3. The van der Waals surface area contributed by atoms with Gasteiger partial charge in [-0.15, -0.1) is 0 Å². The lowest BCUT2D eigenvalue weighted by atomic mass is 9.93. The van der Waals surface area contributed by atoms with Crippen LogP contribution in [0, 0.1) is 0 Å². The van der Waals surface area contributed by atoms with Crippen LogP contribution in [0.1, 0.15) is 36.4 Å². The van der Waals surface area contributed by atoms with Crippen LogP contribution in [0.3, 0.4) is 0 Å². The molecule has 0 amide bonds. The highest BCUT2D eigenvalue weighted by Gasteiger charge is 2.36. The number of hydrogen-bond acceptors (Lipinski definition) is 1. The van der Waals surface area contributed by atoms with Crippen molar-refractivity contribution >= 4 is 11.6 Å². The highest BCUT2D eigenvalue weighted by atomic mass is 35.5. The first kappa shape index (κ1) is 12.7. The molecule has 1 aliphatic rings.